The predicted octanol–water partition coefficient (Wildman–Crippen LogP) is 3.85. The number of hydrogen-bond donors (Lipinski definition) is 1. The Labute approximate surface area is 101 Å². The summed E-state index contributed by atoms with van der Waals surface area (Å²) in [6.45, 7) is 0.932. The minimum atomic E-state index is 0.0237. The molecule has 0 radical (unpaired) electrons. The Morgan fingerprint density at radius 2 is 2.00 bits per heavy atom. The predicted molar refractivity (Wildman–Crippen MR) is 66.4 cm³/mol. The smallest absolute Gasteiger partial charge is 0.144 e. The molecule has 3 heteroatoms. The lowest BCUT2D eigenvalue weighted by Crippen LogP contribution is -2.47. The van der Waals surface area contributed by atoms with Crippen molar-refractivity contribution in [2.75, 3.05) is 11.9 Å². The fourth-order valence-electron chi connectivity index (χ4n) is 2.73. The van der Waals surface area contributed by atoms with Gasteiger partial charge in [0.2, 0.25) is 0 Å². The first-order chi connectivity index (χ1) is 7.77. The number of ether oxygens (including phenoxy) is 1. The Bertz CT molecular complexity index is 399. The molecule has 0 bridgehead atoms. The van der Waals surface area contributed by atoms with Crippen LogP contribution in [-0.2, 0) is 0 Å². The zero-order valence-corrected chi connectivity index (χ0v) is 10.0. The van der Waals surface area contributed by atoms with Gasteiger partial charge in [0.05, 0.1) is 12.2 Å². The summed E-state index contributed by atoms with van der Waals surface area (Å²) in [6.07, 6.45) is 6.21. The van der Waals surface area contributed by atoms with E-state index in [1.165, 1.54) is 19.3 Å². The lowest BCUT2D eigenvalue weighted by atomic mass is 9.83. The molecule has 2 aliphatic rings. The molecule has 1 N–H and O–H groups in total. The van der Waals surface area contributed by atoms with Crippen LogP contribution in [0.3, 0.4) is 0 Å². The van der Waals surface area contributed by atoms with Gasteiger partial charge < -0.3 is 10.1 Å². The van der Waals surface area contributed by atoms with Gasteiger partial charge in [-0.3, -0.25) is 0 Å². The molecule has 86 valence electrons. The van der Waals surface area contributed by atoms with E-state index in [-0.39, 0.29) is 5.60 Å². The lowest BCUT2D eigenvalue weighted by molar-refractivity contribution is 0.0370. The van der Waals surface area contributed by atoms with Gasteiger partial charge >= 0.3 is 0 Å². The minimum absolute atomic E-state index is 0.0237. The molecule has 3 rings (SSSR count). The fourth-order valence-corrected chi connectivity index (χ4v) is 2.89. The van der Waals surface area contributed by atoms with Gasteiger partial charge in [0.1, 0.15) is 11.4 Å². The van der Waals surface area contributed by atoms with Crippen LogP contribution in [0, 0.1) is 0 Å². The maximum Gasteiger partial charge on any atom is 0.144 e. The highest BCUT2D eigenvalue weighted by Gasteiger charge is 2.37. The molecule has 16 heavy (non-hydrogen) atoms. The monoisotopic (exact) mass is 237 g/mol. The van der Waals surface area contributed by atoms with Crippen molar-refractivity contribution in [2.45, 2.75) is 37.7 Å². The summed E-state index contributed by atoms with van der Waals surface area (Å²) in [6, 6.07) is 5.81. The Morgan fingerprint density at radius 1 is 1.19 bits per heavy atom. The van der Waals surface area contributed by atoms with Crippen molar-refractivity contribution in [3.05, 3.63) is 23.2 Å². The third-order valence-corrected chi connectivity index (χ3v) is 3.87. The molecule has 0 atom stereocenters. The van der Waals surface area contributed by atoms with Crippen LogP contribution >= 0.6 is 11.6 Å². The zero-order chi connectivity index (χ0) is 11.0. The lowest BCUT2D eigenvalue weighted by Gasteiger charge is -2.41. The highest BCUT2D eigenvalue weighted by molar-refractivity contribution is 6.30. The Kier molecular flexibility index (Phi) is 2.47. The van der Waals surface area contributed by atoms with Gasteiger partial charge in [-0.1, -0.05) is 18.0 Å². The third kappa shape index (κ3) is 1.75. The molecule has 1 aromatic carbocycles. The second-order valence-electron chi connectivity index (χ2n) is 4.84. The molecular weight excluding hydrogens is 222 g/mol. The van der Waals surface area contributed by atoms with E-state index < -0.39 is 0 Å². The maximum atomic E-state index is 6.19. The van der Waals surface area contributed by atoms with E-state index in [1.54, 1.807) is 0 Å². The minimum Gasteiger partial charge on any atom is -0.483 e. The van der Waals surface area contributed by atoms with E-state index in [0.717, 1.165) is 35.8 Å². The summed E-state index contributed by atoms with van der Waals surface area (Å²) in [4.78, 5) is 0. The Morgan fingerprint density at radius 3 is 2.81 bits per heavy atom. The van der Waals surface area contributed by atoms with E-state index in [0.29, 0.717) is 0 Å². The first kappa shape index (κ1) is 10.3. The molecule has 1 saturated carbocycles. The van der Waals surface area contributed by atoms with Gasteiger partial charge in [-0.15, -0.1) is 0 Å². The highest BCUT2D eigenvalue weighted by Crippen LogP contribution is 2.40. The summed E-state index contributed by atoms with van der Waals surface area (Å²) < 4.78 is 6.19. The van der Waals surface area contributed by atoms with E-state index in [4.69, 9.17) is 16.3 Å². The number of halogens is 1. The molecule has 0 amide bonds. The summed E-state index contributed by atoms with van der Waals surface area (Å²) in [5, 5.41) is 4.21. The van der Waals surface area contributed by atoms with Crippen LogP contribution in [0.1, 0.15) is 32.1 Å². The average Bonchev–Trinajstić information content (AvgIpc) is 2.29. The second kappa shape index (κ2) is 3.85. The van der Waals surface area contributed by atoms with Gasteiger partial charge in [0.15, 0.2) is 0 Å². The topological polar surface area (TPSA) is 21.3 Å². The number of rotatable bonds is 0. The van der Waals surface area contributed by atoms with Crippen molar-refractivity contribution in [3.63, 3.8) is 0 Å². The van der Waals surface area contributed by atoms with E-state index in [2.05, 4.69) is 5.32 Å². The largest absolute Gasteiger partial charge is 0.483 e. The maximum absolute atomic E-state index is 6.19. The first-order valence-corrected chi connectivity index (χ1v) is 6.38. The van der Waals surface area contributed by atoms with Crippen molar-refractivity contribution < 1.29 is 4.74 Å². The zero-order valence-electron chi connectivity index (χ0n) is 9.26. The van der Waals surface area contributed by atoms with Gasteiger partial charge in [0, 0.05) is 11.1 Å². The first-order valence-electron chi connectivity index (χ1n) is 6.00. The summed E-state index contributed by atoms with van der Waals surface area (Å²) in [5.41, 5.74) is 1.09. The molecule has 2 nitrogen and oxygen atoms in total. The van der Waals surface area contributed by atoms with Crippen LogP contribution in [0.5, 0.6) is 5.75 Å². The van der Waals surface area contributed by atoms with Crippen LogP contribution in [0.15, 0.2) is 18.2 Å². The average molecular weight is 238 g/mol. The SMILES string of the molecule is Clc1ccc2c(c1)OC1(CCCCC1)CN2. The van der Waals surface area contributed by atoms with Crippen molar-refractivity contribution in [1.29, 1.82) is 0 Å². The van der Waals surface area contributed by atoms with Crippen molar-refractivity contribution >= 4 is 17.3 Å². The molecule has 1 aliphatic heterocycles. The van der Waals surface area contributed by atoms with Crippen molar-refractivity contribution in [3.8, 4) is 5.75 Å². The van der Waals surface area contributed by atoms with Gasteiger partial charge in [-0.05, 0) is 37.8 Å². The van der Waals surface area contributed by atoms with Crippen LogP contribution in [0.4, 0.5) is 5.69 Å². The third-order valence-electron chi connectivity index (χ3n) is 3.64. The molecule has 0 aromatic heterocycles. The summed E-state index contributed by atoms with van der Waals surface area (Å²) in [7, 11) is 0. The number of nitrogens with one attached hydrogen (secondary N) is 1. The number of fused-ring (bicyclic) bond motifs is 1. The molecule has 0 unspecified atom stereocenters. The fraction of sp³-hybridized carbons (Fsp3) is 0.538. The molecule has 1 spiro atoms. The van der Waals surface area contributed by atoms with Crippen LogP contribution < -0.4 is 10.1 Å². The standard InChI is InChI=1S/C13H16ClNO/c14-10-4-5-11-12(8-10)16-13(9-15-11)6-2-1-3-7-13/h4-5,8,15H,1-3,6-7,9H2. The normalized spacial score (nSPS) is 22.1. The Hall–Kier alpha value is -0.890. The van der Waals surface area contributed by atoms with Gasteiger partial charge in [-0.2, -0.15) is 0 Å². The highest BCUT2D eigenvalue weighted by atomic mass is 35.5. The van der Waals surface area contributed by atoms with Crippen molar-refractivity contribution in [1.82, 2.24) is 0 Å². The number of benzene rings is 1. The summed E-state index contributed by atoms with van der Waals surface area (Å²) in [5.74, 6) is 0.917. The van der Waals surface area contributed by atoms with Gasteiger partial charge in [-0.25, -0.2) is 0 Å². The van der Waals surface area contributed by atoms with Crippen LogP contribution in [0.2, 0.25) is 5.02 Å². The van der Waals surface area contributed by atoms with Crippen molar-refractivity contribution in [2.24, 2.45) is 0 Å². The second-order valence-corrected chi connectivity index (χ2v) is 5.28. The van der Waals surface area contributed by atoms with Crippen LogP contribution in [-0.4, -0.2) is 12.1 Å². The number of anilines is 1. The molecule has 1 fully saturated rings. The molecule has 1 aliphatic carbocycles. The summed E-state index contributed by atoms with van der Waals surface area (Å²) >= 11 is 6.00. The van der Waals surface area contributed by atoms with Gasteiger partial charge in [0.25, 0.3) is 0 Å². The number of hydrogen-bond acceptors (Lipinski definition) is 2. The molecule has 1 aromatic rings. The molecular formula is C13H16ClNO. The quantitative estimate of drug-likeness (QED) is 0.740. The van der Waals surface area contributed by atoms with E-state index in [1.807, 2.05) is 18.2 Å². The molecule has 0 saturated heterocycles. The Balaban J connectivity index is 1.89. The van der Waals surface area contributed by atoms with E-state index in [9.17, 15) is 0 Å². The molecule has 1 heterocycles. The van der Waals surface area contributed by atoms with E-state index >= 15 is 0 Å². The van der Waals surface area contributed by atoms with Crippen LogP contribution in [0.25, 0.3) is 0 Å².